The van der Waals surface area contributed by atoms with Crippen molar-refractivity contribution in [3.8, 4) is 5.75 Å². The van der Waals surface area contributed by atoms with E-state index in [9.17, 15) is 28.5 Å². The van der Waals surface area contributed by atoms with Gasteiger partial charge in [0.05, 0.1) is 10.6 Å². The van der Waals surface area contributed by atoms with E-state index in [4.69, 9.17) is 0 Å². The molecule has 0 spiro atoms. The number of rotatable bonds is 11. The van der Waals surface area contributed by atoms with Crippen molar-refractivity contribution in [2.45, 2.75) is 64.9 Å². The summed E-state index contributed by atoms with van der Waals surface area (Å²) < 4.78 is 29.3. The molecule has 1 fully saturated rings. The molecule has 2 atom stereocenters. The highest BCUT2D eigenvalue weighted by Crippen LogP contribution is 2.35. The van der Waals surface area contributed by atoms with E-state index in [1.54, 1.807) is 17.9 Å². The topological polar surface area (TPSA) is 114 Å². The fraction of sp³-hybridized carbons (Fsp3) is 0.423. The molecule has 2 amide bonds. The highest BCUT2D eigenvalue weighted by Gasteiger charge is 2.41. The number of nitrogens with zero attached hydrogens (tertiary/aromatic N) is 3. The van der Waals surface area contributed by atoms with Gasteiger partial charge in [0.25, 0.3) is 5.69 Å². The van der Waals surface area contributed by atoms with Gasteiger partial charge in [-0.3, -0.25) is 24.6 Å². The van der Waals surface area contributed by atoms with Gasteiger partial charge < -0.3 is 10.1 Å². The number of carbonyl (C=O) groups excluding carboxylic acids is 2. The van der Waals surface area contributed by atoms with E-state index >= 15 is 0 Å². The molecular formula is C26H30F2N4O5S. The predicted molar refractivity (Wildman–Crippen MR) is 143 cm³/mol. The van der Waals surface area contributed by atoms with E-state index < -0.39 is 22.7 Å². The Morgan fingerprint density at radius 3 is 2.47 bits per heavy atom. The molecule has 12 heteroatoms. The van der Waals surface area contributed by atoms with E-state index in [0.717, 1.165) is 24.6 Å². The fourth-order valence-electron chi connectivity index (χ4n) is 3.88. The minimum atomic E-state index is -2.94. The van der Waals surface area contributed by atoms with Crippen LogP contribution in [0.3, 0.4) is 0 Å². The summed E-state index contributed by atoms with van der Waals surface area (Å²) in [6.45, 7) is 4.85. The third-order valence-electron chi connectivity index (χ3n) is 5.85. The van der Waals surface area contributed by atoms with Crippen molar-refractivity contribution in [1.29, 1.82) is 0 Å². The molecule has 2 aromatic rings. The number of aliphatic imine (C=N–C) groups is 1. The molecule has 1 N–H and O–H groups in total. The van der Waals surface area contributed by atoms with Gasteiger partial charge in [0, 0.05) is 18.5 Å². The van der Waals surface area contributed by atoms with Gasteiger partial charge >= 0.3 is 6.61 Å². The van der Waals surface area contributed by atoms with Gasteiger partial charge in [-0.25, -0.2) is 4.99 Å². The van der Waals surface area contributed by atoms with Crippen LogP contribution in [0.4, 0.5) is 25.8 Å². The molecule has 3 rings (SSSR count). The monoisotopic (exact) mass is 548 g/mol. The molecular weight excluding hydrogens is 518 g/mol. The summed E-state index contributed by atoms with van der Waals surface area (Å²) in [6.07, 6.45) is 1.39. The van der Waals surface area contributed by atoms with Crippen molar-refractivity contribution in [2.24, 2.45) is 10.9 Å². The van der Waals surface area contributed by atoms with Crippen LogP contribution in [0, 0.1) is 23.0 Å². The molecule has 1 heterocycles. The second-order valence-corrected chi connectivity index (χ2v) is 10.6. The van der Waals surface area contributed by atoms with Crippen molar-refractivity contribution >= 4 is 45.8 Å². The lowest BCUT2D eigenvalue weighted by Gasteiger charge is -2.25. The van der Waals surface area contributed by atoms with Crippen LogP contribution in [0.25, 0.3) is 0 Å². The van der Waals surface area contributed by atoms with E-state index in [1.165, 1.54) is 36.4 Å². The lowest BCUT2D eigenvalue weighted by molar-refractivity contribution is -0.384. The number of amides is 2. The van der Waals surface area contributed by atoms with E-state index in [-0.39, 0.29) is 35.5 Å². The Bertz CT molecular complexity index is 1210. The molecule has 0 aromatic heterocycles. The number of hydrogen-bond donors (Lipinski definition) is 1. The second kappa shape index (κ2) is 12.8. The molecule has 0 radical (unpaired) electrons. The van der Waals surface area contributed by atoms with E-state index in [0.29, 0.717) is 22.3 Å². The molecule has 1 aliphatic heterocycles. The number of hydrogen-bond acceptors (Lipinski definition) is 7. The molecule has 0 bridgehead atoms. The summed E-state index contributed by atoms with van der Waals surface area (Å²) in [6, 6.07) is 10.0. The Hall–Kier alpha value is -3.54. The lowest BCUT2D eigenvalue weighted by atomic mass is 10.0. The molecule has 2 unspecified atom stereocenters. The summed E-state index contributed by atoms with van der Waals surface area (Å²) in [7, 11) is 0. The van der Waals surface area contributed by atoms with Crippen molar-refractivity contribution in [2.75, 3.05) is 5.32 Å². The van der Waals surface area contributed by atoms with E-state index in [1.807, 2.05) is 6.92 Å². The molecule has 38 heavy (non-hydrogen) atoms. The fourth-order valence-corrected chi connectivity index (χ4v) is 5.13. The number of thioether (sulfide) groups is 1. The SMILES string of the molecule is Cc1ccc(NC(=O)CC2SC(=Nc3ccc(OC(F)F)cc3)N(C(C)CCC(C)C)C2=O)c([N+](=O)[O-])c1. The van der Waals surface area contributed by atoms with Gasteiger partial charge in [0.2, 0.25) is 11.8 Å². The van der Waals surface area contributed by atoms with Crippen molar-refractivity contribution in [3.63, 3.8) is 0 Å². The van der Waals surface area contributed by atoms with Gasteiger partial charge in [0.15, 0.2) is 5.17 Å². The van der Waals surface area contributed by atoms with Crippen LogP contribution < -0.4 is 10.1 Å². The van der Waals surface area contributed by atoms with Crippen LogP contribution in [-0.4, -0.2) is 44.7 Å². The smallest absolute Gasteiger partial charge is 0.387 e. The maximum atomic E-state index is 13.4. The average molecular weight is 549 g/mol. The van der Waals surface area contributed by atoms with Gasteiger partial charge in [-0.15, -0.1) is 0 Å². The highest BCUT2D eigenvalue weighted by molar-refractivity contribution is 8.15. The van der Waals surface area contributed by atoms with Gasteiger partial charge in [-0.2, -0.15) is 8.78 Å². The average Bonchev–Trinajstić information content (AvgIpc) is 3.13. The summed E-state index contributed by atoms with van der Waals surface area (Å²) >= 11 is 1.13. The molecule has 204 valence electrons. The zero-order valence-corrected chi connectivity index (χ0v) is 22.3. The van der Waals surface area contributed by atoms with Crippen molar-refractivity contribution < 1.29 is 28.0 Å². The highest BCUT2D eigenvalue weighted by atomic mass is 32.2. The summed E-state index contributed by atoms with van der Waals surface area (Å²) in [5, 5.41) is 13.6. The minimum Gasteiger partial charge on any atom is -0.435 e. The standard InChI is InChI=1S/C26H30F2N4O5S/c1-15(2)5-7-17(4)31-24(34)22(14-23(33)30-20-12-6-16(3)13-21(20)32(35)36)38-26(31)29-18-8-10-19(11-9-18)37-25(27)28/h6,8-13,15,17,22,25H,5,7,14H2,1-4H3,(H,30,33). The van der Waals surface area contributed by atoms with Crippen LogP contribution in [0.5, 0.6) is 5.75 Å². The third-order valence-corrected chi connectivity index (χ3v) is 7.00. The van der Waals surface area contributed by atoms with Crippen LogP contribution in [-0.2, 0) is 9.59 Å². The third kappa shape index (κ3) is 7.73. The normalized spacial score (nSPS) is 17.4. The first-order valence-electron chi connectivity index (χ1n) is 12.1. The minimum absolute atomic E-state index is 0.0130. The maximum Gasteiger partial charge on any atom is 0.387 e. The summed E-state index contributed by atoms with van der Waals surface area (Å²) in [5.41, 5.74) is 0.942. The lowest BCUT2D eigenvalue weighted by Crippen LogP contribution is -2.40. The first-order chi connectivity index (χ1) is 17.9. The first-order valence-corrected chi connectivity index (χ1v) is 13.0. The summed E-state index contributed by atoms with van der Waals surface area (Å²) in [4.78, 5) is 43.2. The zero-order chi connectivity index (χ0) is 28.0. The number of carbonyl (C=O) groups is 2. The van der Waals surface area contributed by atoms with Crippen molar-refractivity contribution in [1.82, 2.24) is 4.90 Å². The number of aryl methyl sites for hydroxylation is 1. The Labute approximate surface area is 223 Å². The Morgan fingerprint density at radius 2 is 1.87 bits per heavy atom. The largest absolute Gasteiger partial charge is 0.435 e. The number of nitro benzene ring substituents is 1. The molecule has 0 aliphatic carbocycles. The maximum absolute atomic E-state index is 13.4. The van der Waals surface area contributed by atoms with Gasteiger partial charge in [-0.05, 0) is 68.5 Å². The summed E-state index contributed by atoms with van der Waals surface area (Å²) in [5.74, 6) is -0.401. The number of nitrogens with one attached hydrogen (secondary N) is 1. The zero-order valence-electron chi connectivity index (χ0n) is 21.5. The van der Waals surface area contributed by atoms with Crippen LogP contribution in [0.1, 0.15) is 45.6 Å². The molecule has 1 aliphatic rings. The number of benzene rings is 2. The number of nitro groups is 1. The number of halogens is 2. The second-order valence-electron chi connectivity index (χ2n) is 9.43. The van der Waals surface area contributed by atoms with E-state index in [2.05, 4.69) is 28.9 Å². The first kappa shape index (κ1) is 29.0. The van der Waals surface area contributed by atoms with Gasteiger partial charge in [-0.1, -0.05) is 31.7 Å². The number of amidine groups is 1. The number of ether oxygens (including phenoxy) is 1. The van der Waals surface area contributed by atoms with Crippen LogP contribution in [0.2, 0.25) is 0 Å². The van der Waals surface area contributed by atoms with Crippen LogP contribution >= 0.6 is 11.8 Å². The van der Waals surface area contributed by atoms with Gasteiger partial charge in [0.1, 0.15) is 16.7 Å². The molecule has 0 saturated carbocycles. The quantitative estimate of drug-likeness (QED) is 0.261. The molecule has 1 saturated heterocycles. The van der Waals surface area contributed by atoms with Crippen LogP contribution in [0.15, 0.2) is 47.5 Å². The number of alkyl halides is 2. The Kier molecular flexibility index (Phi) is 9.78. The molecule has 2 aromatic carbocycles. The Balaban J connectivity index is 1.81. The Morgan fingerprint density at radius 1 is 1.18 bits per heavy atom. The molecule has 9 nitrogen and oxygen atoms in total. The van der Waals surface area contributed by atoms with Crippen molar-refractivity contribution in [3.05, 3.63) is 58.1 Å². The number of anilines is 1. The predicted octanol–water partition coefficient (Wildman–Crippen LogP) is 6.29.